The van der Waals surface area contributed by atoms with E-state index in [9.17, 15) is 0 Å². The van der Waals surface area contributed by atoms with Crippen LogP contribution in [-0.2, 0) is 7.59 Å². The fraction of sp³-hybridized carbons (Fsp3) is 0.143. The quantitative estimate of drug-likeness (QED) is 0.453. The number of rotatable bonds is 3. The first-order valence-electron chi connectivity index (χ1n) is 6.31. The molecule has 24 heavy (non-hydrogen) atoms. The van der Waals surface area contributed by atoms with Crippen LogP contribution in [0.4, 0.5) is 0 Å². The lowest BCUT2D eigenvalue weighted by atomic mass is 10.2. The lowest BCUT2D eigenvalue weighted by molar-refractivity contribution is 0.835. The highest BCUT2D eigenvalue weighted by atomic mass is 35.6. The molecule has 0 aliphatic rings. The molecule has 0 fully saturated rings. The van der Waals surface area contributed by atoms with Crippen molar-refractivity contribution in [2.24, 2.45) is 0 Å². The van der Waals surface area contributed by atoms with E-state index in [0.717, 1.165) is 5.56 Å². The highest BCUT2D eigenvalue weighted by Gasteiger charge is 2.33. The maximum atomic E-state index is 5.80. The van der Waals surface area contributed by atoms with E-state index in [0.29, 0.717) is 0 Å². The molecule has 2 aromatic heterocycles. The number of nitrogens with zero attached hydrogens (tertiary/aromatic N) is 4. The number of aromatic nitrogens is 4. The van der Waals surface area contributed by atoms with Gasteiger partial charge in [-0.2, -0.15) is 0 Å². The number of allylic oxidation sites excluding steroid dienone is 2. The van der Waals surface area contributed by atoms with E-state index in [-0.39, 0.29) is 17.5 Å². The molecule has 0 N–H and O–H groups in total. The van der Waals surface area contributed by atoms with Gasteiger partial charge in [0.15, 0.2) is 17.5 Å². The van der Waals surface area contributed by atoms with Crippen molar-refractivity contribution in [3.05, 3.63) is 59.7 Å². The molecule has 4 nitrogen and oxygen atoms in total. The molecule has 0 radical (unpaired) electrons. The molecule has 0 aliphatic heterocycles. The molecule has 0 aliphatic carbocycles. The maximum Gasteiger partial charge on any atom is 0.250 e. The Morgan fingerprint density at radius 3 is 1.71 bits per heavy atom. The summed E-state index contributed by atoms with van der Waals surface area (Å²) in [6.07, 6.45) is 10.3. The first kappa shape index (κ1) is 19.7. The summed E-state index contributed by atoms with van der Waals surface area (Å²) in [5.41, 5.74) is 0.981. The van der Waals surface area contributed by atoms with Gasteiger partial charge >= 0.3 is 0 Å². The molecule has 126 valence electrons. The van der Waals surface area contributed by atoms with Gasteiger partial charge in [0.05, 0.1) is 0 Å². The molecule has 2 rings (SSSR count). The fourth-order valence-corrected chi connectivity index (χ4v) is 2.01. The van der Waals surface area contributed by atoms with Crippen molar-refractivity contribution in [3.63, 3.8) is 0 Å². The topological polar surface area (TPSA) is 51.6 Å². The first-order chi connectivity index (χ1) is 11.2. The molecule has 0 aromatic carbocycles. The van der Waals surface area contributed by atoms with E-state index in [1.54, 1.807) is 30.6 Å². The monoisotopic (exact) mass is 442 g/mol. The molecule has 0 saturated heterocycles. The van der Waals surface area contributed by atoms with Crippen molar-refractivity contribution in [2.75, 3.05) is 0 Å². The van der Waals surface area contributed by atoms with Gasteiger partial charge in [-0.25, -0.2) is 15.0 Å². The molecular weight excluding hydrogens is 437 g/mol. The summed E-state index contributed by atoms with van der Waals surface area (Å²) in [7, 11) is 0. The predicted molar refractivity (Wildman–Crippen MR) is 101 cm³/mol. The van der Waals surface area contributed by atoms with Crippen molar-refractivity contribution in [1.29, 1.82) is 0 Å². The minimum Gasteiger partial charge on any atom is -0.265 e. The van der Waals surface area contributed by atoms with Crippen molar-refractivity contribution < 1.29 is 0 Å². The van der Waals surface area contributed by atoms with Crippen LogP contribution in [0, 0.1) is 0 Å². The Bertz CT molecular complexity index is 718. The molecule has 0 atom stereocenters. The second-order valence-corrected chi connectivity index (χ2v) is 8.90. The Morgan fingerprint density at radius 1 is 0.708 bits per heavy atom. The number of alkyl halides is 6. The van der Waals surface area contributed by atoms with Gasteiger partial charge in [0, 0.05) is 12.4 Å². The summed E-state index contributed by atoms with van der Waals surface area (Å²) >= 11 is 34.8. The summed E-state index contributed by atoms with van der Waals surface area (Å²) in [5.74, 6) is -0.0878. The molecule has 0 saturated carbocycles. The summed E-state index contributed by atoms with van der Waals surface area (Å²) in [6, 6.07) is 3.71. The molecule has 10 heteroatoms. The zero-order valence-electron chi connectivity index (χ0n) is 11.7. The van der Waals surface area contributed by atoms with Gasteiger partial charge in [0.2, 0.25) is 7.59 Å². The van der Waals surface area contributed by atoms with Crippen LogP contribution in [0.1, 0.15) is 23.0 Å². The Morgan fingerprint density at radius 2 is 1.21 bits per heavy atom. The van der Waals surface area contributed by atoms with Crippen LogP contribution in [0.3, 0.4) is 0 Å². The predicted octanol–water partition coefficient (Wildman–Crippen LogP) is 5.65. The van der Waals surface area contributed by atoms with E-state index in [1.165, 1.54) is 0 Å². The Kier molecular flexibility index (Phi) is 6.71. The van der Waals surface area contributed by atoms with Gasteiger partial charge in [0.25, 0.3) is 0 Å². The summed E-state index contributed by atoms with van der Waals surface area (Å²) in [6.45, 7) is 0. The smallest absolute Gasteiger partial charge is 0.250 e. The Balaban J connectivity index is 2.29. The van der Waals surface area contributed by atoms with Crippen LogP contribution in [0.15, 0.2) is 36.7 Å². The third kappa shape index (κ3) is 6.03. The molecule has 0 amide bonds. The molecule has 0 bridgehead atoms. The molecule has 0 unspecified atom stereocenters. The third-order valence-corrected chi connectivity index (χ3v) is 3.53. The van der Waals surface area contributed by atoms with Gasteiger partial charge < -0.3 is 0 Å². The van der Waals surface area contributed by atoms with Gasteiger partial charge in [0.1, 0.15) is 0 Å². The van der Waals surface area contributed by atoms with Crippen LogP contribution < -0.4 is 0 Å². The van der Waals surface area contributed by atoms with Crippen molar-refractivity contribution in [1.82, 2.24) is 19.9 Å². The van der Waals surface area contributed by atoms with Gasteiger partial charge in [-0.05, 0) is 23.8 Å². The second-order valence-electron chi connectivity index (χ2n) is 4.34. The second kappa shape index (κ2) is 8.17. The van der Waals surface area contributed by atoms with E-state index in [1.807, 2.05) is 18.2 Å². The summed E-state index contributed by atoms with van der Waals surface area (Å²) in [4.78, 5) is 15.9. The van der Waals surface area contributed by atoms with Crippen LogP contribution >= 0.6 is 69.6 Å². The molecular formula is C14H8Cl6N4. The highest BCUT2D eigenvalue weighted by Crippen LogP contribution is 2.39. The Labute approximate surface area is 168 Å². The highest BCUT2D eigenvalue weighted by molar-refractivity contribution is 6.67. The number of halogens is 6. The molecule has 2 aromatic rings. The lowest BCUT2D eigenvalue weighted by Crippen LogP contribution is -2.16. The minimum atomic E-state index is -1.87. The van der Waals surface area contributed by atoms with Gasteiger partial charge in [-0.3, -0.25) is 4.98 Å². The number of pyridine rings is 1. The summed E-state index contributed by atoms with van der Waals surface area (Å²) in [5, 5.41) is 0. The van der Waals surface area contributed by atoms with Crippen LogP contribution in [0.25, 0.3) is 12.2 Å². The van der Waals surface area contributed by atoms with Gasteiger partial charge in [-0.1, -0.05) is 87.8 Å². The van der Waals surface area contributed by atoms with Crippen molar-refractivity contribution in [2.45, 2.75) is 7.59 Å². The van der Waals surface area contributed by atoms with Gasteiger partial charge in [-0.15, -0.1) is 0 Å². The van der Waals surface area contributed by atoms with E-state index >= 15 is 0 Å². The van der Waals surface area contributed by atoms with Crippen molar-refractivity contribution in [3.8, 4) is 0 Å². The molecule has 2 heterocycles. The van der Waals surface area contributed by atoms with Crippen molar-refractivity contribution >= 4 is 81.8 Å². The normalized spacial score (nSPS) is 13.1. The number of hydrogen-bond acceptors (Lipinski definition) is 4. The standard InChI is InChI=1S/C14H8Cl6N4/c15-13(16,17)11-22-10(23-12(24-11)14(18,19)20)4-2-1-3-9-5-7-21-8-6-9/h1-8H. The zero-order chi connectivity index (χ0) is 17.8. The average molecular weight is 445 g/mol. The summed E-state index contributed by atoms with van der Waals surface area (Å²) < 4.78 is -3.74. The van der Waals surface area contributed by atoms with Crippen LogP contribution in [0.5, 0.6) is 0 Å². The average Bonchev–Trinajstić information content (AvgIpc) is 2.51. The van der Waals surface area contributed by atoms with E-state index in [2.05, 4.69) is 19.9 Å². The largest absolute Gasteiger partial charge is 0.265 e. The maximum absolute atomic E-state index is 5.80. The fourth-order valence-electron chi connectivity index (χ4n) is 1.50. The first-order valence-corrected chi connectivity index (χ1v) is 8.58. The third-order valence-electron chi connectivity index (χ3n) is 2.51. The van der Waals surface area contributed by atoms with E-state index < -0.39 is 7.59 Å². The molecule has 0 spiro atoms. The van der Waals surface area contributed by atoms with Crippen LogP contribution in [-0.4, -0.2) is 19.9 Å². The Hall–Kier alpha value is -0.620. The van der Waals surface area contributed by atoms with Crippen LogP contribution in [0.2, 0.25) is 0 Å². The van der Waals surface area contributed by atoms with E-state index in [4.69, 9.17) is 69.6 Å². The number of hydrogen-bond donors (Lipinski definition) is 0. The lowest BCUT2D eigenvalue weighted by Gasteiger charge is -2.14. The SMILES string of the molecule is ClC(Cl)(Cl)c1nc(C=CC=Cc2ccncc2)nc(C(Cl)(Cl)Cl)n1. The zero-order valence-corrected chi connectivity index (χ0v) is 16.2. The minimum absolute atomic E-state index is 0.137.